The van der Waals surface area contributed by atoms with E-state index in [9.17, 15) is 9.59 Å². The quantitative estimate of drug-likeness (QED) is 0.827. The molecule has 0 fully saturated rings. The average molecular weight is 352 g/mol. The fraction of sp³-hybridized carbons (Fsp3) is 0.364. The largest absolute Gasteiger partial charge is 0.340 e. The summed E-state index contributed by atoms with van der Waals surface area (Å²) in [5.74, 6) is -0.296. The summed E-state index contributed by atoms with van der Waals surface area (Å²) in [4.78, 5) is 27.1. The lowest BCUT2D eigenvalue weighted by atomic mass is 10.0. The lowest BCUT2D eigenvalue weighted by Gasteiger charge is -2.27. The van der Waals surface area contributed by atoms with Gasteiger partial charge in [0.05, 0.1) is 0 Å². The fourth-order valence-corrected chi connectivity index (χ4v) is 2.80. The molecule has 2 aromatic rings. The Morgan fingerprint density at radius 3 is 2.12 bits per heavy atom. The van der Waals surface area contributed by atoms with Gasteiger partial charge < -0.3 is 10.2 Å². The van der Waals surface area contributed by atoms with Crippen LogP contribution in [0.3, 0.4) is 0 Å². The fourth-order valence-electron chi connectivity index (χ4n) is 2.80. The number of aryl methyl sites for hydroxylation is 1. The summed E-state index contributed by atoms with van der Waals surface area (Å²) >= 11 is 0. The molecular weight excluding hydrogens is 324 g/mol. The summed E-state index contributed by atoms with van der Waals surface area (Å²) in [7, 11) is 1.77. The molecule has 0 radical (unpaired) electrons. The van der Waals surface area contributed by atoms with Crippen molar-refractivity contribution in [2.45, 2.75) is 39.8 Å². The van der Waals surface area contributed by atoms with E-state index in [2.05, 4.69) is 12.2 Å². The monoisotopic (exact) mass is 352 g/mol. The van der Waals surface area contributed by atoms with Crippen LogP contribution in [0.2, 0.25) is 0 Å². The number of carbonyl (C=O) groups excluding carboxylic acids is 2. The molecule has 0 saturated carbocycles. The van der Waals surface area contributed by atoms with E-state index in [4.69, 9.17) is 0 Å². The number of amides is 2. The zero-order valence-electron chi connectivity index (χ0n) is 16.0. The van der Waals surface area contributed by atoms with E-state index >= 15 is 0 Å². The third kappa shape index (κ3) is 5.19. The second-order valence-electron chi connectivity index (χ2n) is 6.93. The number of nitrogens with one attached hydrogen (secondary N) is 1. The molecule has 26 heavy (non-hydrogen) atoms. The van der Waals surface area contributed by atoms with Crippen molar-refractivity contribution in [1.82, 2.24) is 10.2 Å². The van der Waals surface area contributed by atoms with Gasteiger partial charge in [0, 0.05) is 19.2 Å². The first-order valence-corrected chi connectivity index (χ1v) is 9.11. The van der Waals surface area contributed by atoms with E-state index in [0.717, 1.165) is 12.0 Å². The highest BCUT2D eigenvalue weighted by Crippen LogP contribution is 2.11. The molecule has 138 valence electrons. The molecule has 2 aromatic carbocycles. The summed E-state index contributed by atoms with van der Waals surface area (Å²) in [5.41, 5.74) is 2.82. The molecule has 0 aliphatic carbocycles. The van der Waals surface area contributed by atoms with Crippen LogP contribution in [0.15, 0.2) is 54.6 Å². The number of nitrogens with zero attached hydrogens (tertiary/aromatic N) is 1. The third-order valence-corrected chi connectivity index (χ3v) is 4.48. The number of hydrogen-bond donors (Lipinski definition) is 1. The van der Waals surface area contributed by atoms with Gasteiger partial charge in [-0.25, -0.2) is 0 Å². The van der Waals surface area contributed by atoms with Crippen LogP contribution in [-0.4, -0.2) is 29.8 Å². The molecule has 2 amide bonds. The molecule has 0 aliphatic rings. The minimum absolute atomic E-state index is 0.000381. The van der Waals surface area contributed by atoms with Gasteiger partial charge in [-0.1, -0.05) is 63.2 Å². The third-order valence-electron chi connectivity index (χ3n) is 4.48. The molecule has 1 N–H and O–H groups in total. The highest BCUT2D eigenvalue weighted by molar-refractivity contribution is 5.97. The first-order valence-electron chi connectivity index (χ1n) is 9.11. The maximum absolute atomic E-state index is 12.9. The Morgan fingerprint density at radius 1 is 0.962 bits per heavy atom. The van der Waals surface area contributed by atoms with Crippen LogP contribution in [0.25, 0.3) is 0 Å². The van der Waals surface area contributed by atoms with E-state index in [1.807, 2.05) is 68.4 Å². The van der Waals surface area contributed by atoms with Gasteiger partial charge in [0.15, 0.2) is 0 Å². The van der Waals surface area contributed by atoms with E-state index in [0.29, 0.717) is 12.1 Å². The van der Waals surface area contributed by atoms with Crippen molar-refractivity contribution in [2.24, 2.45) is 5.92 Å². The molecule has 0 aromatic heterocycles. The smallest absolute Gasteiger partial charge is 0.251 e. The molecule has 0 bridgehead atoms. The maximum Gasteiger partial charge on any atom is 0.251 e. The first kappa shape index (κ1) is 19.7. The van der Waals surface area contributed by atoms with Gasteiger partial charge in [-0.05, 0) is 35.6 Å². The van der Waals surface area contributed by atoms with Crippen LogP contribution < -0.4 is 5.32 Å². The Hall–Kier alpha value is -2.62. The molecule has 0 heterocycles. The predicted octanol–water partition coefficient (Wildman–Crippen LogP) is 3.66. The van der Waals surface area contributed by atoms with Gasteiger partial charge >= 0.3 is 0 Å². The Bertz CT molecular complexity index is 724. The summed E-state index contributed by atoms with van der Waals surface area (Å²) in [5, 5.41) is 2.91. The Morgan fingerprint density at radius 2 is 1.58 bits per heavy atom. The van der Waals surface area contributed by atoms with Crippen molar-refractivity contribution in [3.8, 4) is 0 Å². The molecular formula is C22H28N2O2. The second kappa shape index (κ2) is 9.18. The molecule has 4 nitrogen and oxygen atoms in total. The Balaban J connectivity index is 2.06. The van der Waals surface area contributed by atoms with Gasteiger partial charge in [0.25, 0.3) is 5.91 Å². The Kier molecular flexibility index (Phi) is 6.96. The van der Waals surface area contributed by atoms with E-state index in [-0.39, 0.29) is 17.7 Å². The number of hydrogen-bond acceptors (Lipinski definition) is 2. The van der Waals surface area contributed by atoms with Crippen molar-refractivity contribution < 1.29 is 9.59 Å². The van der Waals surface area contributed by atoms with Crippen molar-refractivity contribution in [2.75, 3.05) is 7.05 Å². The molecule has 0 spiro atoms. The molecule has 0 aliphatic heterocycles. The van der Waals surface area contributed by atoms with E-state index in [1.54, 1.807) is 11.9 Å². The highest BCUT2D eigenvalue weighted by Gasteiger charge is 2.27. The average Bonchev–Trinajstić information content (AvgIpc) is 2.66. The van der Waals surface area contributed by atoms with Gasteiger partial charge in [-0.15, -0.1) is 0 Å². The normalized spacial score (nSPS) is 11.9. The lowest BCUT2D eigenvalue weighted by Crippen LogP contribution is -2.50. The van der Waals surface area contributed by atoms with Crippen molar-refractivity contribution >= 4 is 11.8 Å². The lowest BCUT2D eigenvalue weighted by molar-refractivity contribution is -0.133. The molecule has 1 atom stereocenters. The second-order valence-corrected chi connectivity index (χ2v) is 6.93. The standard InChI is InChI=1S/C22H28N2O2/c1-5-17-11-13-19(14-12-17)21(25)23-20(16(2)3)22(26)24(4)15-18-9-7-6-8-10-18/h6-14,16,20H,5,15H2,1-4H3,(H,23,25). The van der Waals surface area contributed by atoms with Crippen LogP contribution in [0.5, 0.6) is 0 Å². The molecule has 4 heteroatoms. The van der Waals surface area contributed by atoms with E-state index < -0.39 is 6.04 Å². The van der Waals surface area contributed by atoms with Gasteiger partial charge in [0.2, 0.25) is 5.91 Å². The number of rotatable bonds is 7. The van der Waals surface area contributed by atoms with Crippen LogP contribution >= 0.6 is 0 Å². The zero-order chi connectivity index (χ0) is 19.1. The minimum atomic E-state index is -0.554. The van der Waals surface area contributed by atoms with Crippen molar-refractivity contribution in [3.05, 3.63) is 71.3 Å². The van der Waals surface area contributed by atoms with Crippen LogP contribution in [-0.2, 0) is 17.8 Å². The molecule has 0 saturated heterocycles. The summed E-state index contributed by atoms with van der Waals surface area (Å²) in [6.07, 6.45) is 0.930. The number of carbonyl (C=O) groups is 2. The Labute approximate surface area is 156 Å². The zero-order valence-corrected chi connectivity index (χ0v) is 16.0. The van der Waals surface area contributed by atoms with Crippen LogP contribution in [0.1, 0.15) is 42.3 Å². The summed E-state index contributed by atoms with van der Waals surface area (Å²) < 4.78 is 0. The predicted molar refractivity (Wildman–Crippen MR) is 105 cm³/mol. The topological polar surface area (TPSA) is 49.4 Å². The first-order chi connectivity index (χ1) is 12.4. The minimum Gasteiger partial charge on any atom is -0.340 e. The van der Waals surface area contributed by atoms with Crippen molar-refractivity contribution in [1.29, 1.82) is 0 Å². The molecule has 2 rings (SSSR count). The van der Waals surface area contributed by atoms with Crippen LogP contribution in [0, 0.1) is 5.92 Å². The highest BCUT2D eigenvalue weighted by atomic mass is 16.2. The SMILES string of the molecule is CCc1ccc(C(=O)NC(C(=O)N(C)Cc2ccccc2)C(C)C)cc1. The summed E-state index contributed by atoms with van der Waals surface area (Å²) in [6.45, 7) is 6.48. The number of likely N-dealkylation sites (N-methyl/N-ethyl adjacent to an activating group) is 1. The maximum atomic E-state index is 12.9. The number of benzene rings is 2. The van der Waals surface area contributed by atoms with Crippen LogP contribution in [0.4, 0.5) is 0 Å². The van der Waals surface area contributed by atoms with Crippen molar-refractivity contribution in [3.63, 3.8) is 0 Å². The van der Waals surface area contributed by atoms with Gasteiger partial charge in [-0.2, -0.15) is 0 Å². The van der Waals surface area contributed by atoms with E-state index in [1.165, 1.54) is 5.56 Å². The van der Waals surface area contributed by atoms with Gasteiger partial charge in [0.1, 0.15) is 6.04 Å². The van der Waals surface area contributed by atoms with Gasteiger partial charge in [-0.3, -0.25) is 9.59 Å². The molecule has 1 unspecified atom stereocenters. The summed E-state index contributed by atoms with van der Waals surface area (Å²) in [6, 6.07) is 16.8.